The Morgan fingerprint density at radius 2 is 2.11 bits per heavy atom. The largest absolute Gasteiger partial charge is 0.310 e. The van der Waals surface area contributed by atoms with E-state index in [9.17, 15) is 0 Å². The molecule has 0 bridgehead atoms. The molecule has 1 atom stereocenters. The monoisotopic (exact) mass is 245 g/mol. The maximum atomic E-state index is 4.10. The van der Waals surface area contributed by atoms with Gasteiger partial charge in [-0.25, -0.2) is 4.68 Å². The summed E-state index contributed by atoms with van der Waals surface area (Å²) in [5, 5.41) is 15.2. The van der Waals surface area contributed by atoms with E-state index in [1.165, 1.54) is 11.1 Å². The second-order valence-corrected chi connectivity index (χ2v) is 4.35. The minimum atomic E-state index is 0.148. The summed E-state index contributed by atoms with van der Waals surface area (Å²) in [5.41, 5.74) is 2.51. The average molecular weight is 245 g/mol. The summed E-state index contributed by atoms with van der Waals surface area (Å²) >= 11 is 0. The first-order chi connectivity index (χ1) is 8.74. The Labute approximate surface area is 107 Å². The fourth-order valence-corrected chi connectivity index (χ4v) is 2.05. The van der Waals surface area contributed by atoms with E-state index in [-0.39, 0.29) is 6.04 Å². The molecule has 0 aliphatic carbocycles. The lowest BCUT2D eigenvalue weighted by Gasteiger charge is -2.16. The molecule has 0 aliphatic rings. The van der Waals surface area contributed by atoms with E-state index in [4.69, 9.17) is 0 Å². The number of hydrogen-bond acceptors (Lipinski definition) is 4. The highest BCUT2D eigenvalue weighted by Crippen LogP contribution is 2.20. The predicted octanol–water partition coefficient (Wildman–Crippen LogP) is 1.70. The van der Waals surface area contributed by atoms with Gasteiger partial charge in [-0.2, -0.15) is 0 Å². The third-order valence-electron chi connectivity index (χ3n) is 3.10. The summed E-state index contributed by atoms with van der Waals surface area (Å²) in [4.78, 5) is 0. The van der Waals surface area contributed by atoms with Gasteiger partial charge in [-0.1, -0.05) is 31.2 Å². The number of aromatic nitrogens is 4. The predicted molar refractivity (Wildman–Crippen MR) is 70.2 cm³/mol. The van der Waals surface area contributed by atoms with Crippen LogP contribution in [-0.4, -0.2) is 26.8 Å². The molecule has 18 heavy (non-hydrogen) atoms. The van der Waals surface area contributed by atoms with Gasteiger partial charge in [0.05, 0.1) is 12.6 Å². The van der Waals surface area contributed by atoms with E-state index in [2.05, 4.69) is 53.7 Å². The van der Waals surface area contributed by atoms with Crippen LogP contribution in [-0.2, 0) is 6.54 Å². The van der Waals surface area contributed by atoms with E-state index in [1.54, 1.807) is 0 Å². The normalized spacial score (nSPS) is 12.6. The van der Waals surface area contributed by atoms with Crippen molar-refractivity contribution in [1.82, 2.24) is 25.5 Å². The smallest absolute Gasteiger partial charge is 0.165 e. The van der Waals surface area contributed by atoms with Crippen LogP contribution in [0.15, 0.2) is 24.3 Å². The number of tetrazole rings is 1. The van der Waals surface area contributed by atoms with Gasteiger partial charge >= 0.3 is 0 Å². The van der Waals surface area contributed by atoms with Gasteiger partial charge in [-0.3, -0.25) is 0 Å². The summed E-state index contributed by atoms with van der Waals surface area (Å²) in [7, 11) is 0. The molecule has 1 unspecified atom stereocenters. The molecule has 5 nitrogen and oxygen atoms in total. The first kappa shape index (κ1) is 12.7. The lowest BCUT2D eigenvalue weighted by Crippen LogP contribution is -2.19. The lowest BCUT2D eigenvalue weighted by molar-refractivity contribution is 0.506. The van der Waals surface area contributed by atoms with E-state index in [1.807, 2.05) is 16.8 Å². The Morgan fingerprint density at radius 1 is 1.33 bits per heavy atom. The van der Waals surface area contributed by atoms with Crippen LogP contribution in [0, 0.1) is 6.92 Å². The van der Waals surface area contributed by atoms with Gasteiger partial charge in [0.1, 0.15) is 0 Å². The third kappa shape index (κ3) is 2.56. The van der Waals surface area contributed by atoms with Crippen molar-refractivity contribution in [1.29, 1.82) is 0 Å². The van der Waals surface area contributed by atoms with Gasteiger partial charge in [-0.05, 0) is 41.9 Å². The van der Waals surface area contributed by atoms with Gasteiger partial charge in [0.15, 0.2) is 5.82 Å². The Bertz CT molecular complexity index is 506. The van der Waals surface area contributed by atoms with Crippen molar-refractivity contribution in [3.05, 3.63) is 41.2 Å². The molecule has 0 aliphatic heterocycles. The highest BCUT2D eigenvalue weighted by Gasteiger charge is 2.15. The SMILES string of the molecule is CCNCc1nnnn1C(C)c1ccccc1C. The van der Waals surface area contributed by atoms with E-state index >= 15 is 0 Å². The summed E-state index contributed by atoms with van der Waals surface area (Å²) < 4.78 is 1.88. The van der Waals surface area contributed by atoms with E-state index in [0.717, 1.165) is 12.4 Å². The van der Waals surface area contributed by atoms with Crippen LogP contribution in [0.2, 0.25) is 0 Å². The molecule has 0 amide bonds. The van der Waals surface area contributed by atoms with Gasteiger partial charge < -0.3 is 5.32 Å². The Balaban J connectivity index is 2.26. The molecule has 0 radical (unpaired) electrons. The first-order valence-electron chi connectivity index (χ1n) is 6.27. The molecule has 1 aromatic carbocycles. The lowest BCUT2D eigenvalue weighted by atomic mass is 10.0. The third-order valence-corrected chi connectivity index (χ3v) is 3.10. The van der Waals surface area contributed by atoms with Gasteiger partial charge in [-0.15, -0.1) is 5.10 Å². The Hall–Kier alpha value is -1.75. The number of rotatable bonds is 5. The number of benzene rings is 1. The first-order valence-corrected chi connectivity index (χ1v) is 6.27. The molecule has 2 aromatic rings. The fraction of sp³-hybridized carbons (Fsp3) is 0.462. The zero-order valence-corrected chi connectivity index (χ0v) is 11.1. The van der Waals surface area contributed by atoms with Crippen LogP contribution < -0.4 is 5.32 Å². The Kier molecular flexibility index (Phi) is 4.04. The summed E-state index contributed by atoms with van der Waals surface area (Å²) in [6.45, 7) is 7.90. The second kappa shape index (κ2) is 5.73. The van der Waals surface area contributed by atoms with Gasteiger partial charge in [0.2, 0.25) is 0 Å². The summed E-state index contributed by atoms with van der Waals surface area (Å²) in [5.74, 6) is 0.868. The van der Waals surface area contributed by atoms with E-state index in [0.29, 0.717) is 6.54 Å². The zero-order valence-electron chi connectivity index (χ0n) is 11.1. The molecule has 1 heterocycles. The minimum Gasteiger partial charge on any atom is -0.310 e. The number of aryl methyl sites for hydroxylation is 1. The minimum absolute atomic E-state index is 0.148. The van der Waals surface area contributed by atoms with Gasteiger partial charge in [0.25, 0.3) is 0 Å². The van der Waals surface area contributed by atoms with Crippen LogP contribution in [0.25, 0.3) is 0 Å². The molecule has 0 saturated heterocycles. The van der Waals surface area contributed by atoms with Crippen molar-refractivity contribution in [2.45, 2.75) is 33.4 Å². The molecule has 2 rings (SSSR count). The molecular formula is C13H19N5. The molecule has 0 saturated carbocycles. The summed E-state index contributed by atoms with van der Waals surface area (Å²) in [6.07, 6.45) is 0. The average Bonchev–Trinajstić information content (AvgIpc) is 2.84. The van der Waals surface area contributed by atoms with Crippen molar-refractivity contribution in [2.75, 3.05) is 6.54 Å². The van der Waals surface area contributed by atoms with Crippen LogP contribution in [0.3, 0.4) is 0 Å². The molecule has 0 spiro atoms. The maximum absolute atomic E-state index is 4.10. The molecule has 5 heteroatoms. The molecule has 1 N–H and O–H groups in total. The van der Waals surface area contributed by atoms with Crippen LogP contribution >= 0.6 is 0 Å². The fourth-order valence-electron chi connectivity index (χ4n) is 2.05. The van der Waals surface area contributed by atoms with Crippen molar-refractivity contribution in [3.63, 3.8) is 0 Å². The van der Waals surface area contributed by atoms with Crippen molar-refractivity contribution in [3.8, 4) is 0 Å². The zero-order chi connectivity index (χ0) is 13.0. The van der Waals surface area contributed by atoms with Crippen molar-refractivity contribution >= 4 is 0 Å². The second-order valence-electron chi connectivity index (χ2n) is 4.35. The highest BCUT2D eigenvalue weighted by atomic mass is 15.6. The highest BCUT2D eigenvalue weighted by molar-refractivity contribution is 5.28. The maximum Gasteiger partial charge on any atom is 0.165 e. The molecule has 1 aromatic heterocycles. The standard InChI is InChI=1S/C13H19N5/c1-4-14-9-13-15-16-17-18(13)11(3)12-8-6-5-7-10(12)2/h5-8,11,14H,4,9H2,1-3H3. The van der Waals surface area contributed by atoms with Crippen LogP contribution in [0.4, 0.5) is 0 Å². The molecule has 96 valence electrons. The summed E-state index contributed by atoms with van der Waals surface area (Å²) in [6, 6.07) is 8.48. The van der Waals surface area contributed by atoms with E-state index < -0.39 is 0 Å². The number of hydrogen-bond donors (Lipinski definition) is 1. The Morgan fingerprint density at radius 3 is 2.83 bits per heavy atom. The number of nitrogens with zero attached hydrogens (tertiary/aromatic N) is 4. The molecule has 0 fully saturated rings. The quantitative estimate of drug-likeness (QED) is 0.871. The molecular weight excluding hydrogens is 226 g/mol. The van der Waals surface area contributed by atoms with Crippen molar-refractivity contribution < 1.29 is 0 Å². The topological polar surface area (TPSA) is 55.6 Å². The van der Waals surface area contributed by atoms with Crippen molar-refractivity contribution in [2.24, 2.45) is 0 Å². The van der Waals surface area contributed by atoms with Gasteiger partial charge in [0, 0.05) is 0 Å². The number of nitrogens with one attached hydrogen (secondary N) is 1. The van der Waals surface area contributed by atoms with Crippen LogP contribution in [0.1, 0.15) is 36.8 Å². The van der Waals surface area contributed by atoms with Crippen LogP contribution in [0.5, 0.6) is 0 Å².